The number of amides is 1. The third-order valence-electron chi connectivity index (χ3n) is 4.66. The van der Waals surface area contributed by atoms with Gasteiger partial charge in [0.2, 0.25) is 10.0 Å². The van der Waals surface area contributed by atoms with Crippen molar-refractivity contribution in [1.29, 1.82) is 0 Å². The molecular weight excluding hydrogens is 421 g/mol. The van der Waals surface area contributed by atoms with Crippen molar-refractivity contribution >= 4 is 27.7 Å². The van der Waals surface area contributed by atoms with Crippen molar-refractivity contribution in [3.05, 3.63) is 28.8 Å². The Morgan fingerprint density at radius 3 is 2.29 bits per heavy atom. The van der Waals surface area contributed by atoms with E-state index in [1.807, 2.05) is 0 Å². The molecule has 1 aromatic carbocycles. The molecule has 28 heavy (non-hydrogen) atoms. The van der Waals surface area contributed by atoms with Crippen LogP contribution in [0.4, 0.5) is 18.0 Å². The van der Waals surface area contributed by atoms with Gasteiger partial charge in [-0.15, -0.1) is 0 Å². The third-order valence-corrected chi connectivity index (χ3v) is 7.07. The summed E-state index contributed by atoms with van der Waals surface area (Å²) in [6.07, 6.45) is -4.69. The lowest BCUT2D eigenvalue weighted by atomic mass is 10.2. The second-order valence-electron chi connectivity index (χ2n) is 7.89. The largest absolute Gasteiger partial charge is 0.444 e. The van der Waals surface area contributed by atoms with Crippen LogP contribution in [0.15, 0.2) is 23.1 Å². The van der Waals surface area contributed by atoms with Crippen LogP contribution < -0.4 is 0 Å². The summed E-state index contributed by atoms with van der Waals surface area (Å²) in [6.45, 7) is 5.43. The minimum Gasteiger partial charge on any atom is -0.444 e. The average Bonchev–Trinajstić information content (AvgIpc) is 3.12. The lowest BCUT2D eigenvalue weighted by molar-refractivity contribution is -0.137. The van der Waals surface area contributed by atoms with Gasteiger partial charge in [-0.25, -0.2) is 13.2 Å². The molecule has 2 aliphatic heterocycles. The van der Waals surface area contributed by atoms with Crippen molar-refractivity contribution in [1.82, 2.24) is 9.21 Å². The molecule has 2 saturated heterocycles. The Bertz CT molecular complexity index is 899. The molecule has 0 unspecified atom stereocenters. The van der Waals surface area contributed by atoms with Crippen molar-refractivity contribution in [2.24, 2.45) is 0 Å². The molecule has 2 bridgehead atoms. The van der Waals surface area contributed by atoms with Crippen molar-refractivity contribution in [3.8, 4) is 0 Å². The first-order valence-electron chi connectivity index (χ1n) is 8.58. The number of ether oxygens (including phenoxy) is 1. The van der Waals surface area contributed by atoms with Gasteiger partial charge >= 0.3 is 12.3 Å². The molecule has 0 aliphatic carbocycles. The molecule has 6 nitrogen and oxygen atoms in total. The van der Waals surface area contributed by atoms with Gasteiger partial charge in [-0.3, -0.25) is 0 Å². The Kier molecular flexibility index (Phi) is 5.13. The predicted molar refractivity (Wildman–Crippen MR) is 95.5 cm³/mol. The SMILES string of the molecule is CC(C)(C)OC(=O)N1C[C@@H]2C[C@@H]1CN2S(=O)(=O)c1ccc(C(F)(F)F)cc1Cl. The molecule has 0 saturated carbocycles. The summed E-state index contributed by atoms with van der Waals surface area (Å²) < 4.78 is 70.8. The summed E-state index contributed by atoms with van der Waals surface area (Å²) in [7, 11) is -4.09. The summed E-state index contributed by atoms with van der Waals surface area (Å²) in [5, 5.41) is -0.485. The van der Waals surface area contributed by atoms with Gasteiger partial charge in [-0.1, -0.05) is 11.6 Å². The Morgan fingerprint density at radius 1 is 1.18 bits per heavy atom. The average molecular weight is 441 g/mol. The monoisotopic (exact) mass is 440 g/mol. The molecule has 1 aromatic rings. The van der Waals surface area contributed by atoms with Crippen LogP contribution in [0.25, 0.3) is 0 Å². The second-order valence-corrected chi connectivity index (χ2v) is 10.2. The summed E-state index contributed by atoms with van der Waals surface area (Å²) in [4.78, 5) is 13.4. The van der Waals surface area contributed by atoms with Crippen LogP contribution in [0.3, 0.4) is 0 Å². The predicted octanol–water partition coefficient (Wildman–Crippen LogP) is 3.74. The van der Waals surface area contributed by atoms with Crippen molar-refractivity contribution in [2.45, 2.75) is 55.9 Å². The van der Waals surface area contributed by atoms with Gasteiger partial charge in [-0.05, 0) is 45.4 Å². The van der Waals surface area contributed by atoms with E-state index in [9.17, 15) is 26.4 Å². The molecule has 156 valence electrons. The smallest absolute Gasteiger partial charge is 0.416 e. The number of hydrogen-bond donors (Lipinski definition) is 0. The van der Waals surface area contributed by atoms with Gasteiger partial charge in [0.1, 0.15) is 10.5 Å². The summed E-state index contributed by atoms with van der Waals surface area (Å²) >= 11 is 5.86. The molecule has 2 aliphatic rings. The fraction of sp³-hybridized carbons (Fsp3) is 0.588. The molecule has 0 spiro atoms. The van der Waals surface area contributed by atoms with E-state index in [1.54, 1.807) is 20.8 Å². The Balaban J connectivity index is 1.79. The molecule has 0 aromatic heterocycles. The number of hydrogen-bond acceptors (Lipinski definition) is 4. The Hall–Kier alpha value is -1.52. The topological polar surface area (TPSA) is 66.9 Å². The molecule has 3 rings (SSSR count). The van der Waals surface area contributed by atoms with E-state index in [4.69, 9.17) is 16.3 Å². The molecule has 1 amide bonds. The molecule has 11 heteroatoms. The van der Waals surface area contributed by atoms with Crippen LogP contribution in [-0.2, 0) is 20.9 Å². The zero-order chi connectivity index (χ0) is 21.1. The second kappa shape index (κ2) is 6.77. The normalized spacial score (nSPS) is 23.3. The number of alkyl halides is 3. The van der Waals surface area contributed by atoms with E-state index < -0.39 is 44.5 Å². The van der Waals surface area contributed by atoms with Crippen LogP contribution in [0.1, 0.15) is 32.8 Å². The number of fused-ring (bicyclic) bond motifs is 2. The highest BCUT2D eigenvalue weighted by Gasteiger charge is 2.51. The first-order chi connectivity index (χ1) is 12.7. The van der Waals surface area contributed by atoms with Crippen LogP contribution in [0, 0.1) is 0 Å². The maximum absolute atomic E-state index is 12.9. The third kappa shape index (κ3) is 3.95. The maximum atomic E-state index is 12.9. The van der Waals surface area contributed by atoms with E-state index in [1.165, 1.54) is 9.21 Å². The minimum absolute atomic E-state index is 0.0452. The first kappa shape index (κ1) is 21.2. The van der Waals surface area contributed by atoms with Gasteiger partial charge < -0.3 is 9.64 Å². The van der Waals surface area contributed by atoms with Crippen molar-refractivity contribution in [3.63, 3.8) is 0 Å². The van der Waals surface area contributed by atoms with E-state index in [-0.39, 0.29) is 24.0 Å². The number of nitrogens with zero attached hydrogens (tertiary/aromatic N) is 2. The Morgan fingerprint density at radius 2 is 1.82 bits per heavy atom. The quantitative estimate of drug-likeness (QED) is 0.702. The zero-order valence-electron chi connectivity index (χ0n) is 15.5. The zero-order valence-corrected chi connectivity index (χ0v) is 17.0. The van der Waals surface area contributed by atoms with E-state index in [0.717, 1.165) is 6.07 Å². The fourth-order valence-electron chi connectivity index (χ4n) is 3.48. The van der Waals surface area contributed by atoms with Gasteiger partial charge in [0.25, 0.3) is 0 Å². The van der Waals surface area contributed by atoms with Crippen molar-refractivity contribution < 1.29 is 31.1 Å². The highest BCUT2D eigenvalue weighted by molar-refractivity contribution is 7.89. The lowest BCUT2D eigenvalue weighted by Crippen LogP contribution is -2.51. The lowest BCUT2D eigenvalue weighted by Gasteiger charge is -2.34. The van der Waals surface area contributed by atoms with Gasteiger partial charge in [-0.2, -0.15) is 17.5 Å². The number of sulfonamides is 1. The number of halogens is 4. The maximum Gasteiger partial charge on any atom is 0.416 e. The standard InChI is InChI=1S/C17H20ClF3N2O4S/c1-16(2,3)27-15(24)22-8-12-7-11(22)9-23(12)28(25,26)14-5-4-10(6-13(14)18)17(19,20)21/h4-6,11-12H,7-9H2,1-3H3/t11-,12+/m1/s1. The summed E-state index contributed by atoms with van der Waals surface area (Å²) in [6, 6.07) is 1.36. The number of rotatable bonds is 2. The number of carbonyl (C=O) groups excluding carboxylic acids is 1. The summed E-state index contributed by atoms with van der Waals surface area (Å²) in [5.74, 6) is 0. The molecule has 2 atom stereocenters. The molecule has 2 fully saturated rings. The Labute approximate surface area is 166 Å². The van der Waals surface area contributed by atoms with Gasteiger partial charge in [0.05, 0.1) is 16.6 Å². The molecule has 0 N–H and O–H groups in total. The highest BCUT2D eigenvalue weighted by atomic mass is 35.5. The van der Waals surface area contributed by atoms with E-state index in [0.29, 0.717) is 18.6 Å². The van der Waals surface area contributed by atoms with E-state index in [2.05, 4.69) is 0 Å². The van der Waals surface area contributed by atoms with Crippen LogP contribution in [-0.4, -0.2) is 54.5 Å². The highest BCUT2D eigenvalue weighted by Crippen LogP contribution is 2.39. The molecular formula is C17H20ClF3N2O4S. The van der Waals surface area contributed by atoms with Crippen LogP contribution in [0.2, 0.25) is 5.02 Å². The molecule has 0 radical (unpaired) electrons. The van der Waals surface area contributed by atoms with Gasteiger partial charge in [0, 0.05) is 19.1 Å². The number of likely N-dealkylation sites (tertiary alicyclic amines) is 1. The van der Waals surface area contributed by atoms with E-state index >= 15 is 0 Å². The molecule has 2 heterocycles. The fourth-order valence-corrected chi connectivity index (χ4v) is 5.67. The van der Waals surface area contributed by atoms with Crippen molar-refractivity contribution in [2.75, 3.05) is 13.1 Å². The van der Waals surface area contributed by atoms with Crippen LogP contribution in [0.5, 0.6) is 0 Å². The van der Waals surface area contributed by atoms with Crippen LogP contribution >= 0.6 is 11.6 Å². The summed E-state index contributed by atoms with van der Waals surface area (Å²) in [5.41, 5.74) is -1.69. The van der Waals surface area contributed by atoms with Gasteiger partial charge in [0.15, 0.2) is 0 Å². The number of benzene rings is 1. The number of carbonyl (C=O) groups is 1. The minimum atomic E-state index is -4.62. The first-order valence-corrected chi connectivity index (χ1v) is 10.4. The number of piperazine rings is 1.